The van der Waals surface area contributed by atoms with E-state index < -0.39 is 7.12 Å². The third-order valence-electron chi connectivity index (χ3n) is 3.67. The molecule has 7 heteroatoms. The fourth-order valence-corrected chi connectivity index (χ4v) is 2.52. The minimum Gasteiger partial charge on any atom is -0.427 e. The van der Waals surface area contributed by atoms with Gasteiger partial charge in [0.25, 0.3) is 0 Å². The number of hydrogen-bond donors (Lipinski definition) is 4. The smallest absolute Gasteiger partial charge is 0.427 e. The Balaban J connectivity index is 0.000000982. The average Bonchev–Trinajstić information content (AvgIpc) is 2.36. The van der Waals surface area contributed by atoms with Gasteiger partial charge in [-0.1, -0.05) is 12.8 Å². The van der Waals surface area contributed by atoms with Gasteiger partial charge in [-0.25, -0.2) is 0 Å². The van der Waals surface area contributed by atoms with Crippen LogP contribution in [-0.4, -0.2) is 35.4 Å². The summed E-state index contributed by atoms with van der Waals surface area (Å²) in [6.45, 7) is 0. The number of rotatable bonds is 6. The summed E-state index contributed by atoms with van der Waals surface area (Å²) in [5.41, 5.74) is 12.0. The van der Waals surface area contributed by atoms with Crippen LogP contribution in [0.3, 0.4) is 0 Å². The number of hydrogen-bond acceptors (Lipinski definition) is 6. The Morgan fingerprint density at radius 3 is 2.16 bits per heavy atom. The van der Waals surface area contributed by atoms with E-state index in [9.17, 15) is 0 Å². The second kappa shape index (κ2) is 11.1. The summed E-state index contributed by atoms with van der Waals surface area (Å²) >= 11 is 0. The summed E-state index contributed by atoms with van der Waals surface area (Å²) in [6.07, 6.45) is 8.06. The zero-order chi connectivity index (χ0) is 14.7. The van der Waals surface area contributed by atoms with E-state index in [2.05, 4.69) is 0 Å². The maximum Gasteiger partial charge on any atom is 0.451 e. The second-order valence-electron chi connectivity index (χ2n) is 5.19. The molecular weight excluding hydrogens is 247 g/mol. The molecule has 110 valence electrons. The topological polar surface area (TPSA) is 127 Å². The van der Waals surface area contributed by atoms with Crippen LogP contribution < -0.4 is 11.5 Å². The van der Waals surface area contributed by atoms with Crippen LogP contribution in [0.1, 0.15) is 44.9 Å². The van der Waals surface area contributed by atoms with Gasteiger partial charge in [-0.2, -0.15) is 9.59 Å². The first-order valence-electron chi connectivity index (χ1n) is 6.87. The molecule has 6 nitrogen and oxygen atoms in total. The largest absolute Gasteiger partial charge is 0.451 e. The van der Waals surface area contributed by atoms with Gasteiger partial charge in [0, 0.05) is 12.1 Å². The summed E-state index contributed by atoms with van der Waals surface area (Å²) in [5, 5.41) is 17.4. The Hall–Kier alpha value is -0.715. The molecule has 0 spiro atoms. The van der Waals surface area contributed by atoms with Crippen molar-refractivity contribution in [1.29, 1.82) is 0 Å². The molecule has 0 aromatic heterocycles. The molecule has 6 N–H and O–H groups in total. The van der Waals surface area contributed by atoms with Crippen molar-refractivity contribution in [2.24, 2.45) is 17.4 Å². The van der Waals surface area contributed by atoms with Crippen molar-refractivity contribution in [3.05, 3.63) is 0 Å². The molecule has 0 bridgehead atoms. The maximum absolute atomic E-state index is 8.71. The van der Waals surface area contributed by atoms with Crippen molar-refractivity contribution < 1.29 is 19.6 Å². The van der Waals surface area contributed by atoms with E-state index in [1.54, 1.807) is 0 Å². The lowest BCUT2D eigenvalue weighted by Crippen LogP contribution is -2.36. The first-order valence-corrected chi connectivity index (χ1v) is 6.87. The molecule has 1 unspecified atom stereocenters. The van der Waals surface area contributed by atoms with Crippen molar-refractivity contribution >= 4 is 13.3 Å². The lowest BCUT2D eigenvalue weighted by molar-refractivity contribution is -0.191. The molecule has 0 saturated heterocycles. The van der Waals surface area contributed by atoms with Crippen molar-refractivity contribution in [3.63, 3.8) is 0 Å². The zero-order valence-corrected chi connectivity index (χ0v) is 11.3. The summed E-state index contributed by atoms with van der Waals surface area (Å²) < 4.78 is 0. The van der Waals surface area contributed by atoms with Crippen molar-refractivity contribution in [1.82, 2.24) is 0 Å². The normalized spacial score (nSPS) is 23.8. The van der Waals surface area contributed by atoms with E-state index in [4.69, 9.17) is 31.1 Å². The summed E-state index contributed by atoms with van der Waals surface area (Å²) in [7, 11) is -1.16. The van der Waals surface area contributed by atoms with Crippen LogP contribution in [-0.2, 0) is 9.59 Å². The summed E-state index contributed by atoms with van der Waals surface area (Å²) in [6, 6.07) is 0.649. The van der Waals surface area contributed by atoms with Crippen molar-refractivity contribution in [2.75, 3.05) is 0 Å². The minimum absolute atomic E-state index is 0.250. The van der Waals surface area contributed by atoms with Crippen LogP contribution in [0.5, 0.6) is 0 Å². The van der Waals surface area contributed by atoms with Crippen LogP contribution in [0, 0.1) is 5.92 Å². The van der Waals surface area contributed by atoms with Crippen molar-refractivity contribution in [3.8, 4) is 0 Å². The van der Waals surface area contributed by atoms with Crippen LogP contribution >= 0.6 is 0 Å². The maximum atomic E-state index is 8.71. The van der Waals surface area contributed by atoms with E-state index in [0.717, 1.165) is 44.9 Å². The van der Waals surface area contributed by atoms with Gasteiger partial charge < -0.3 is 21.5 Å². The number of carbonyl (C=O) groups excluding carboxylic acids is 2. The van der Waals surface area contributed by atoms with Crippen LogP contribution in [0.15, 0.2) is 0 Å². The molecule has 1 fully saturated rings. The van der Waals surface area contributed by atoms with Crippen LogP contribution in [0.4, 0.5) is 0 Å². The molecular formula is C12H25BN2O4. The molecule has 0 aromatic carbocycles. The Kier molecular flexibility index (Phi) is 10.7. The van der Waals surface area contributed by atoms with E-state index in [0.29, 0.717) is 18.3 Å². The highest BCUT2D eigenvalue weighted by atomic mass is 16.4. The Bertz CT molecular complexity index is 252. The highest BCUT2D eigenvalue weighted by molar-refractivity contribution is 6.40. The van der Waals surface area contributed by atoms with Gasteiger partial charge in [-0.15, -0.1) is 0 Å². The molecule has 1 aliphatic carbocycles. The second-order valence-corrected chi connectivity index (χ2v) is 5.19. The van der Waals surface area contributed by atoms with Gasteiger partial charge in [-0.3, -0.25) is 0 Å². The van der Waals surface area contributed by atoms with E-state index in [1.165, 1.54) is 0 Å². The highest BCUT2D eigenvalue weighted by Crippen LogP contribution is 2.27. The number of nitrogens with two attached hydrogens (primary N) is 2. The van der Waals surface area contributed by atoms with E-state index >= 15 is 0 Å². The molecule has 0 radical (unpaired) electrons. The lowest BCUT2D eigenvalue weighted by Gasteiger charge is -2.30. The fraction of sp³-hybridized carbons (Fsp3) is 0.917. The van der Waals surface area contributed by atoms with Crippen LogP contribution in [0.25, 0.3) is 0 Å². The molecule has 0 aliphatic heterocycles. The zero-order valence-electron chi connectivity index (χ0n) is 11.3. The summed E-state index contributed by atoms with van der Waals surface area (Å²) in [4.78, 5) is 16.2. The van der Waals surface area contributed by atoms with E-state index in [1.807, 2.05) is 0 Å². The minimum atomic E-state index is -1.16. The Morgan fingerprint density at radius 1 is 1.16 bits per heavy atom. The molecule has 0 amide bonds. The standard InChI is InChI=1S/C11H25BN2O2.CO2/c13-10-6-4-9(5-7-10)11(14)3-1-2-8-12(15)16;2-1-3/h9-11,15-16H,1-8,13-14H2;. The van der Waals surface area contributed by atoms with Crippen LogP contribution in [0.2, 0.25) is 6.32 Å². The van der Waals surface area contributed by atoms with Gasteiger partial charge in [0.05, 0.1) is 0 Å². The van der Waals surface area contributed by atoms with E-state index in [-0.39, 0.29) is 12.2 Å². The summed E-state index contributed by atoms with van der Waals surface area (Å²) in [5.74, 6) is 0.624. The monoisotopic (exact) mass is 272 g/mol. The fourth-order valence-electron chi connectivity index (χ4n) is 2.52. The molecule has 1 saturated carbocycles. The van der Waals surface area contributed by atoms with Gasteiger partial charge in [0.15, 0.2) is 0 Å². The van der Waals surface area contributed by atoms with Gasteiger partial charge in [-0.05, 0) is 44.3 Å². The van der Waals surface area contributed by atoms with Gasteiger partial charge >= 0.3 is 13.3 Å². The first-order chi connectivity index (χ1) is 9.01. The predicted molar refractivity (Wildman–Crippen MR) is 71.8 cm³/mol. The molecule has 0 heterocycles. The Labute approximate surface area is 114 Å². The van der Waals surface area contributed by atoms with Gasteiger partial charge in [0.2, 0.25) is 0 Å². The molecule has 19 heavy (non-hydrogen) atoms. The number of unbranched alkanes of at least 4 members (excludes halogenated alkanes) is 1. The molecule has 1 atom stereocenters. The molecule has 0 aromatic rings. The SMILES string of the molecule is NC1CCC(C(N)CCCCB(O)O)CC1.O=C=O. The third kappa shape index (κ3) is 9.81. The molecule has 1 aliphatic rings. The Morgan fingerprint density at radius 2 is 1.68 bits per heavy atom. The predicted octanol–water partition coefficient (Wildman–Crippen LogP) is -0.109. The highest BCUT2D eigenvalue weighted by Gasteiger charge is 2.23. The lowest BCUT2D eigenvalue weighted by atomic mass is 9.79. The molecule has 1 rings (SSSR count). The van der Waals surface area contributed by atoms with Gasteiger partial charge in [0.1, 0.15) is 0 Å². The van der Waals surface area contributed by atoms with Crippen molar-refractivity contribution in [2.45, 2.75) is 63.3 Å². The third-order valence-corrected chi connectivity index (χ3v) is 3.67. The quantitative estimate of drug-likeness (QED) is 0.394. The average molecular weight is 272 g/mol. The first kappa shape index (κ1) is 18.3.